The summed E-state index contributed by atoms with van der Waals surface area (Å²) in [5.74, 6) is -1.16. The second-order valence-electron chi connectivity index (χ2n) is 4.20. The average Bonchev–Trinajstić information content (AvgIpc) is 2.45. The number of carboxylic acid groups (broad SMARTS) is 1. The fourth-order valence-electron chi connectivity index (χ4n) is 1.73. The van der Waals surface area contributed by atoms with E-state index in [2.05, 4.69) is 4.98 Å². The topological polar surface area (TPSA) is 94.7 Å². The highest BCUT2D eigenvalue weighted by atomic mass is 19.1. The van der Waals surface area contributed by atoms with Crippen molar-refractivity contribution in [3.05, 3.63) is 47.5 Å². The van der Waals surface area contributed by atoms with Crippen molar-refractivity contribution < 1.29 is 23.8 Å². The number of rotatable bonds is 5. The Morgan fingerprint density at radius 1 is 1.33 bits per heavy atom. The van der Waals surface area contributed by atoms with E-state index in [1.54, 1.807) is 0 Å². The van der Waals surface area contributed by atoms with Gasteiger partial charge in [-0.05, 0) is 6.07 Å². The van der Waals surface area contributed by atoms with Crippen LogP contribution in [-0.4, -0.2) is 23.2 Å². The van der Waals surface area contributed by atoms with E-state index in [0.717, 1.165) is 6.20 Å². The van der Waals surface area contributed by atoms with Gasteiger partial charge in [-0.25, -0.2) is 9.18 Å². The molecule has 3 N–H and O–H groups in total. The Labute approximate surface area is 119 Å². The molecule has 2 aromatic rings. The van der Waals surface area contributed by atoms with Gasteiger partial charge in [-0.1, -0.05) is 0 Å². The first-order valence-electron chi connectivity index (χ1n) is 5.94. The highest BCUT2D eigenvalue weighted by Gasteiger charge is 2.15. The maximum absolute atomic E-state index is 13.0. The number of nitrogens with zero attached hydrogens (tertiary/aromatic N) is 1. The number of ether oxygens (including phenoxy) is 2. The van der Waals surface area contributed by atoms with Crippen molar-refractivity contribution in [1.29, 1.82) is 0 Å². The molecule has 1 aromatic carbocycles. The van der Waals surface area contributed by atoms with Crippen molar-refractivity contribution in [2.45, 2.75) is 6.61 Å². The highest BCUT2D eigenvalue weighted by Crippen LogP contribution is 2.32. The van der Waals surface area contributed by atoms with Gasteiger partial charge >= 0.3 is 5.97 Å². The molecule has 0 unspecified atom stereocenters. The lowest BCUT2D eigenvalue weighted by Gasteiger charge is -2.13. The first-order valence-corrected chi connectivity index (χ1v) is 5.94. The van der Waals surface area contributed by atoms with Crippen LogP contribution in [-0.2, 0) is 6.61 Å². The Bertz CT molecular complexity index is 676. The minimum absolute atomic E-state index is 0.0180. The van der Waals surface area contributed by atoms with Gasteiger partial charge in [-0.15, -0.1) is 0 Å². The summed E-state index contributed by atoms with van der Waals surface area (Å²) >= 11 is 0. The minimum Gasteiger partial charge on any atom is -0.493 e. The van der Waals surface area contributed by atoms with Crippen molar-refractivity contribution >= 4 is 11.7 Å². The maximum atomic E-state index is 13.0. The molecule has 1 aromatic heterocycles. The smallest absolute Gasteiger partial charge is 0.337 e. The van der Waals surface area contributed by atoms with Crippen LogP contribution in [0, 0.1) is 5.82 Å². The summed E-state index contributed by atoms with van der Waals surface area (Å²) in [4.78, 5) is 14.8. The van der Waals surface area contributed by atoms with Crippen LogP contribution in [0.1, 0.15) is 15.9 Å². The number of aromatic nitrogens is 1. The second-order valence-corrected chi connectivity index (χ2v) is 4.20. The lowest BCUT2D eigenvalue weighted by molar-refractivity contribution is 0.0697. The Balaban J connectivity index is 2.26. The monoisotopic (exact) mass is 292 g/mol. The van der Waals surface area contributed by atoms with Gasteiger partial charge in [0.2, 0.25) is 0 Å². The zero-order valence-electron chi connectivity index (χ0n) is 11.2. The SMILES string of the molecule is COc1cc(N)c(C(=O)O)cc1OCc1cncc(F)c1. The van der Waals surface area contributed by atoms with Gasteiger partial charge < -0.3 is 20.3 Å². The number of pyridine rings is 1. The summed E-state index contributed by atoms with van der Waals surface area (Å²) in [6.45, 7) is 0.0180. The predicted octanol–water partition coefficient (Wildman–Crippen LogP) is 2.09. The number of hydrogen-bond acceptors (Lipinski definition) is 5. The minimum atomic E-state index is -1.17. The highest BCUT2D eigenvalue weighted by molar-refractivity contribution is 5.94. The summed E-state index contributed by atoms with van der Waals surface area (Å²) in [5, 5.41) is 9.04. The molecule has 110 valence electrons. The third-order valence-electron chi connectivity index (χ3n) is 2.72. The summed E-state index contributed by atoms with van der Waals surface area (Å²) in [6, 6.07) is 3.90. The van der Waals surface area contributed by atoms with E-state index in [0.29, 0.717) is 11.3 Å². The number of nitrogen functional groups attached to an aromatic ring is 1. The van der Waals surface area contributed by atoms with E-state index < -0.39 is 11.8 Å². The maximum Gasteiger partial charge on any atom is 0.337 e. The van der Waals surface area contributed by atoms with Crippen LogP contribution in [0.5, 0.6) is 11.5 Å². The number of anilines is 1. The average molecular weight is 292 g/mol. The fourth-order valence-corrected chi connectivity index (χ4v) is 1.73. The molecule has 0 spiro atoms. The number of carboxylic acids is 1. The molecule has 0 fully saturated rings. The summed E-state index contributed by atoms with van der Waals surface area (Å²) in [5.41, 5.74) is 6.10. The molecule has 7 heteroatoms. The van der Waals surface area contributed by atoms with Crippen LogP contribution < -0.4 is 15.2 Å². The van der Waals surface area contributed by atoms with E-state index in [1.807, 2.05) is 0 Å². The molecule has 2 rings (SSSR count). The molecule has 0 atom stereocenters. The van der Waals surface area contributed by atoms with Gasteiger partial charge in [0.15, 0.2) is 11.5 Å². The Kier molecular flexibility index (Phi) is 4.22. The van der Waals surface area contributed by atoms with Crippen LogP contribution in [0.3, 0.4) is 0 Å². The fraction of sp³-hybridized carbons (Fsp3) is 0.143. The molecule has 0 saturated heterocycles. The first kappa shape index (κ1) is 14.6. The second kappa shape index (κ2) is 6.08. The van der Waals surface area contributed by atoms with Crippen LogP contribution in [0.4, 0.5) is 10.1 Å². The molecule has 1 heterocycles. The van der Waals surface area contributed by atoms with Gasteiger partial charge in [0, 0.05) is 23.9 Å². The summed E-state index contributed by atoms with van der Waals surface area (Å²) in [7, 11) is 1.41. The first-order chi connectivity index (χ1) is 10.0. The number of aromatic carboxylic acids is 1. The van der Waals surface area contributed by atoms with Gasteiger partial charge in [-0.3, -0.25) is 4.98 Å². The normalized spacial score (nSPS) is 10.2. The van der Waals surface area contributed by atoms with E-state index in [9.17, 15) is 9.18 Å². The summed E-state index contributed by atoms with van der Waals surface area (Å²) < 4.78 is 23.6. The van der Waals surface area contributed by atoms with Gasteiger partial charge in [0.25, 0.3) is 0 Å². The molecule has 0 saturated carbocycles. The molecule has 0 aliphatic carbocycles. The number of methoxy groups -OCH3 is 1. The molecule has 6 nitrogen and oxygen atoms in total. The van der Waals surface area contributed by atoms with Crippen LogP contribution in [0.2, 0.25) is 0 Å². The Morgan fingerprint density at radius 3 is 2.71 bits per heavy atom. The zero-order chi connectivity index (χ0) is 15.4. The van der Waals surface area contributed by atoms with Gasteiger partial charge in [-0.2, -0.15) is 0 Å². The van der Waals surface area contributed by atoms with Crippen molar-refractivity contribution in [2.75, 3.05) is 12.8 Å². The quantitative estimate of drug-likeness (QED) is 0.819. The molecule has 0 bridgehead atoms. The molecular formula is C14H13FN2O4. The molecule has 0 aliphatic rings. The number of benzene rings is 1. The van der Waals surface area contributed by atoms with E-state index in [4.69, 9.17) is 20.3 Å². The van der Waals surface area contributed by atoms with Crippen LogP contribution in [0.25, 0.3) is 0 Å². The van der Waals surface area contributed by atoms with Crippen molar-refractivity contribution in [3.8, 4) is 11.5 Å². The molecular weight excluding hydrogens is 279 g/mol. The molecule has 0 radical (unpaired) electrons. The van der Waals surface area contributed by atoms with Crippen molar-refractivity contribution in [1.82, 2.24) is 4.98 Å². The third-order valence-corrected chi connectivity index (χ3v) is 2.72. The number of halogens is 1. The zero-order valence-corrected chi connectivity index (χ0v) is 11.2. The third kappa shape index (κ3) is 3.38. The lowest BCUT2D eigenvalue weighted by atomic mass is 10.1. The van der Waals surface area contributed by atoms with Crippen molar-refractivity contribution in [3.63, 3.8) is 0 Å². The van der Waals surface area contributed by atoms with Gasteiger partial charge in [0.05, 0.1) is 24.6 Å². The lowest BCUT2D eigenvalue weighted by Crippen LogP contribution is -2.05. The van der Waals surface area contributed by atoms with E-state index in [1.165, 1.54) is 31.5 Å². The Morgan fingerprint density at radius 2 is 2.10 bits per heavy atom. The number of nitrogens with two attached hydrogens (primary N) is 1. The van der Waals surface area contributed by atoms with E-state index >= 15 is 0 Å². The summed E-state index contributed by atoms with van der Waals surface area (Å²) in [6.07, 6.45) is 2.53. The van der Waals surface area contributed by atoms with Gasteiger partial charge in [0.1, 0.15) is 12.4 Å². The van der Waals surface area contributed by atoms with E-state index in [-0.39, 0.29) is 23.6 Å². The standard InChI is InChI=1S/C14H13FN2O4/c1-20-12-4-11(16)10(14(18)19)3-13(12)21-7-8-2-9(15)6-17-5-8/h2-6H,7,16H2,1H3,(H,18,19). The van der Waals surface area contributed by atoms with Crippen LogP contribution in [0.15, 0.2) is 30.6 Å². The number of carbonyl (C=O) groups is 1. The predicted molar refractivity (Wildman–Crippen MR) is 72.9 cm³/mol. The van der Waals surface area contributed by atoms with Crippen molar-refractivity contribution in [2.24, 2.45) is 0 Å². The van der Waals surface area contributed by atoms with Crippen LogP contribution >= 0.6 is 0 Å². The largest absolute Gasteiger partial charge is 0.493 e. The molecule has 0 amide bonds. The molecule has 0 aliphatic heterocycles. The Hall–Kier alpha value is -2.83. The molecule has 21 heavy (non-hydrogen) atoms. The number of hydrogen-bond donors (Lipinski definition) is 2.